The van der Waals surface area contributed by atoms with Crippen LogP contribution in [0.4, 0.5) is 11.5 Å². The topological polar surface area (TPSA) is 87.0 Å². The summed E-state index contributed by atoms with van der Waals surface area (Å²) in [5, 5.41) is 15.5. The molecule has 106 valence electrons. The van der Waals surface area contributed by atoms with E-state index in [0.29, 0.717) is 12.2 Å². The first-order chi connectivity index (χ1) is 9.41. The number of hydrogen-bond acceptors (Lipinski definition) is 4. The molecule has 0 aliphatic carbocycles. The summed E-state index contributed by atoms with van der Waals surface area (Å²) in [6.45, 7) is 6.17. The van der Waals surface area contributed by atoms with Gasteiger partial charge in [-0.25, -0.2) is 4.68 Å². The van der Waals surface area contributed by atoms with E-state index in [9.17, 15) is 10.1 Å². The van der Waals surface area contributed by atoms with E-state index >= 15 is 0 Å². The van der Waals surface area contributed by atoms with E-state index in [1.54, 1.807) is 0 Å². The predicted molar refractivity (Wildman–Crippen MR) is 77.7 cm³/mol. The van der Waals surface area contributed by atoms with Crippen LogP contribution in [0.15, 0.2) is 24.3 Å². The van der Waals surface area contributed by atoms with E-state index in [4.69, 9.17) is 5.73 Å². The summed E-state index contributed by atoms with van der Waals surface area (Å²) in [5.41, 5.74) is 8.41. The summed E-state index contributed by atoms with van der Waals surface area (Å²) in [6.07, 6.45) is 0. The zero-order valence-corrected chi connectivity index (χ0v) is 11.8. The Kier molecular flexibility index (Phi) is 3.74. The van der Waals surface area contributed by atoms with Crippen LogP contribution < -0.4 is 5.73 Å². The highest BCUT2D eigenvalue weighted by Gasteiger charge is 2.27. The van der Waals surface area contributed by atoms with Crippen LogP contribution in [0, 0.1) is 17.0 Å². The third kappa shape index (κ3) is 2.49. The molecule has 2 rings (SSSR count). The van der Waals surface area contributed by atoms with E-state index in [2.05, 4.69) is 5.10 Å². The average Bonchev–Trinajstić information content (AvgIpc) is 2.70. The zero-order chi connectivity index (χ0) is 14.9. The molecule has 6 heteroatoms. The largest absolute Gasteiger partial charge is 0.378 e. The minimum Gasteiger partial charge on any atom is -0.378 e. The molecule has 0 bridgehead atoms. The lowest BCUT2D eigenvalue weighted by Gasteiger charge is -2.06. The molecule has 0 aliphatic rings. The van der Waals surface area contributed by atoms with Gasteiger partial charge in [-0.3, -0.25) is 10.1 Å². The van der Waals surface area contributed by atoms with Gasteiger partial charge in [0.25, 0.3) is 0 Å². The molecular weight excluding hydrogens is 256 g/mol. The summed E-state index contributed by atoms with van der Waals surface area (Å²) < 4.78 is 1.51. The Morgan fingerprint density at radius 2 is 2.05 bits per heavy atom. The number of anilines is 1. The molecule has 0 saturated heterocycles. The minimum absolute atomic E-state index is 0.0455. The number of nitrogens with two attached hydrogens (primary N) is 1. The van der Waals surface area contributed by atoms with Crippen molar-refractivity contribution in [1.82, 2.24) is 9.78 Å². The highest BCUT2D eigenvalue weighted by Crippen LogP contribution is 2.31. The second-order valence-electron chi connectivity index (χ2n) is 5.12. The Labute approximate surface area is 117 Å². The Bertz CT molecular complexity index is 647. The van der Waals surface area contributed by atoms with E-state index in [0.717, 1.165) is 11.1 Å². The van der Waals surface area contributed by atoms with Crippen molar-refractivity contribution in [3.63, 3.8) is 0 Å². The third-order valence-corrected chi connectivity index (χ3v) is 3.30. The van der Waals surface area contributed by atoms with Crippen molar-refractivity contribution in [2.75, 3.05) is 5.73 Å². The Hall–Kier alpha value is -2.37. The fourth-order valence-electron chi connectivity index (χ4n) is 2.13. The van der Waals surface area contributed by atoms with Crippen LogP contribution in [0.3, 0.4) is 0 Å². The van der Waals surface area contributed by atoms with Crippen molar-refractivity contribution in [3.8, 4) is 0 Å². The van der Waals surface area contributed by atoms with Gasteiger partial charge in [-0.05, 0) is 18.1 Å². The van der Waals surface area contributed by atoms with Crippen LogP contribution >= 0.6 is 0 Å². The highest BCUT2D eigenvalue weighted by atomic mass is 16.6. The maximum Gasteiger partial charge on any atom is 0.334 e. The monoisotopic (exact) mass is 274 g/mol. The molecule has 0 amide bonds. The molecular formula is C14H18N4O2. The molecule has 6 nitrogen and oxygen atoms in total. The number of aryl methyl sites for hydroxylation is 1. The Morgan fingerprint density at radius 3 is 2.55 bits per heavy atom. The van der Waals surface area contributed by atoms with Gasteiger partial charge >= 0.3 is 5.69 Å². The van der Waals surface area contributed by atoms with Crippen molar-refractivity contribution < 1.29 is 4.92 Å². The summed E-state index contributed by atoms with van der Waals surface area (Å²) in [5.74, 6) is 0.0674. The van der Waals surface area contributed by atoms with Crippen LogP contribution in [0.2, 0.25) is 0 Å². The molecule has 0 fully saturated rings. The van der Waals surface area contributed by atoms with Crippen LogP contribution in [0.1, 0.15) is 36.6 Å². The molecule has 1 heterocycles. The maximum atomic E-state index is 11.2. The van der Waals surface area contributed by atoms with E-state index in [1.807, 2.05) is 45.0 Å². The maximum absolute atomic E-state index is 11.2. The fraction of sp³-hybridized carbons (Fsp3) is 0.357. The normalized spacial score (nSPS) is 11.0. The van der Waals surface area contributed by atoms with Gasteiger partial charge in [0.1, 0.15) is 5.69 Å². The second-order valence-corrected chi connectivity index (χ2v) is 5.12. The molecule has 0 atom stereocenters. The second kappa shape index (κ2) is 5.32. The van der Waals surface area contributed by atoms with E-state index in [1.165, 1.54) is 4.68 Å². The van der Waals surface area contributed by atoms with Crippen molar-refractivity contribution in [1.29, 1.82) is 0 Å². The van der Waals surface area contributed by atoms with Gasteiger partial charge in [0, 0.05) is 5.92 Å². The lowest BCUT2D eigenvalue weighted by molar-refractivity contribution is -0.384. The molecule has 0 spiro atoms. The van der Waals surface area contributed by atoms with Crippen molar-refractivity contribution in [3.05, 3.63) is 51.2 Å². The lowest BCUT2D eigenvalue weighted by Crippen LogP contribution is -2.07. The number of benzene rings is 1. The quantitative estimate of drug-likeness (QED) is 0.686. The Balaban J connectivity index is 2.46. The van der Waals surface area contributed by atoms with Crippen LogP contribution in [-0.2, 0) is 6.54 Å². The van der Waals surface area contributed by atoms with Gasteiger partial charge in [-0.1, -0.05) is 38.1 Å². The van der Waals surface area contributed by atoms with Gasteiger partial charge in [-0.2, -0.15) is 5.10 Å². The van der Waals surface area contributed by atoms with Crippen molar-refractivity contribution in [2.24, 2.45) is 0 Å². The SMILES string of the molecule is Cc1ccccc1Cn1nc(C(C)C)c([N+](=O)[O-])c1N. The molecule has 0 unspecified atom stereocenters. The lowest BCUT2D eigenvalue weighted by atomic mass is 10.1. The van der Waals surface area contributed by atoms with Gasteiger partial charge in [-0.15, -0.1) is 0 Å². The third-order valence-electron chi connectivity index (χ3n) is 3.30. The van der Waals surface area contributed by atoms with Crippen molar-refractivity contribution in [2.45, 2.75) is 33.2 Å². The Morgan fingerprint density at radius 1 is 1.40 bits per heavy atom. The smallest absolute Gasteiger partial charge is 0.334 e. The molecule has 1 aromatic carbocycles. The number of nitrogens with zero attached hydrogens (tertiary/aromatic N) is 3. The number of nitro groups is 1. The van der Waals surface area contributed by atoms with Gasteiger partial charge < -0.3 is 5.73 Å². The summed E-state index contributed by atoms with van der Waals surface area (Å²) in [4.78, 5) is 10.7. The van der Waals surface area contributed by atoms with Gasteiger partial charge in [0.15, 0.2) is 0 Å². The molecule has 0 radical (unpaired) electrons. The van der Waals surface area contributed by atoms with E-state index in [-0.39, 0.29) is 17.4 Å². The number of rotatable bonds is 4. The number of hydrogen-bond donors (Lipinski definition) is 1. The first-order valence-corrected chi connectivity index (χ1v) is 6.47. The number of nitrogen functional groups attached to an aromatic ring is 1. The number of aromatic nitrogens is 2. The molecule has 2 aromatic rings. The summed E-state index contributed by atoms with van der Waals surface area (Å²) in [6, 6.07) is 7.84. The zero-order valence-electron chi connectivity index (χ0n) is 11.8. The van der Waals surface area contributed by atoms with Gasteiger partial charge in [0.2, 0.25) is 5.82 Å². The molecule has 20 heavy (non-hydrogen) atoms. The van der Waals surface area contributed by atoms with Crippen LogP contribution in [0.5, 0.6) is 0 Å². The first-order valence-electron chi connectivity index (χ1n) is 6.47. The van der Waals surface area contributed by atoms with Crippen LogP contribution in [0.25, 0.3) is 0 Å². The molecule has 2 N–H and O–H groups in total. The first kappa shape index (κ1) is 14.0. The van der Waals surface area contributed by atoms with Crippen LogP contribution in [-0.4, -0.2) is 14.7 Å². The fourth-order valence-corrected chi connectivity index (χ4v) is 2.13. The average molecular weight is 274 g/mol. The molecule has 0 aliphatic heterocycles. The predicted octanol–water partition coefficient (Wildman–Crippen LogP) is 2.85. The van der Waals surface area contributed by atoms with Crippen molar-refractivity contribution >= 4 is 11.5 Å². The van der Waals surface area contributed by atoms with Gasteiger partial charge in [0.05, 0.1) is 11.5 Å². The standard InChI is InChI=1S/C14H18N4O2/c1-9(2)12-13(18(19)20)14(15)17(16-12)8-11-7-5-4-6-10(11)3/h4-7,9H,8,15H2,1-3H3. The molecule has 1 aromatic heterocycles. The summed E-state index contributed by atoms with van der Waals surface area (Å²) in [7, 11) is 0. The van der Waals surface area contributed by atoms with E-state index < -0.39 is 4.92 Å². The minimum atomic E-state index is -0.452. The highest BCUT2D eigenvalue weighted by molar-refractivity contribution is 5.57. The molecule has 0 saturated carbocycles. The summed E-state index contributed by atoms with van der Waals surface area (Å²) >= 11 is 0.